The highest BCUT2D eigenvalue weighted by molar-refractivity contribution is 7.91. The van der Waals surface area contributed by atoms with Crippen LogP contribution in [0.2, 0.25) is 5.02 Å². The second-order valence-corrected chi connectivity index (χ2v) is 11.2. The third-order valence-electron chi connectivity index (χ3n) is 6.32. The van der Waals surface area contributed by atoms with Crippen molar-refractivity contribution in [2.45, 2.75) is 49.2 Å². The summed E-state index contributed by atoms with van der Waals surface area (Å²) in [6, 6.07) is 5.40. The maximum absolute atomic E-state index is 13.6. The molecule has 0 aliphatic heterocycles. The summed E-state index contributed by atoms with van der Waals surface area (Å²) in [4.78, 5) is 8.30. The van der Waals surface area contributed by atoms with E-state index < -0.39 is 21.2 Å². The number of benzene rings is 1. The first-order valence-electron chi connectivity index (χ1n) is 11.2. The lowest BCUT2D eigenvalue weighted by atomic mass is 9.84. The maximum Gasteiger partial charge on any atom is 0.163 e. The molecule has 0 bridgehead atoms. The van der Waals surface area contributed by atoms with Crippen LogP contribution in [0.5, 0.6) is 11.5 Å². The minimum absolute atomic E-state index is 0.181. The standard InChI is InChI=1S/C23H28ClN5O5S/c1-14(21(34-4)22-25-11-16(24)12-26-22)35(30,31)13-19-27-28-23(15-7-5-8-15)29(19)20-17(32-2)9-6-10-18(20)33-3/h6,9-12,14-15,21H,5,7-8,13H2,1-4H3/t14-,21-/m0/s1. The number of hydrogen-bond acceptors (Lipinski definition) is 9. The number of rotatable bonds is 10. The van der Waals surface area contributed by atoms with E-state index in [-0.39, 0.29) is 23.3 Å². The lowest BCUT2D eigenvalue weighted by Crippen LogP contribution is -2.30. The van der Waals surface area contributed by atoms with E-state index in [1.54, 1.807) is 37.8 Å². The summed E-state index contributed by atoms with van der Waals surface area (Å²) in [7, 11) is 0.736. The van der Waals surface area contributed by atoms with Gasteiger partial charge in [0.25, 0.3) is 0 Å². The first-order valence-corrected chi connectivity index (χ1v) is 13.3. The van der Waals surface area contributed by atoms with Gasteiger partial charge in [0, 0.05) is 25.4 Å². The topological polar surface area (TPSA) is 118 Å². The molecule has 188 valence electrons. The lowest BCUT2D eigenvalue weighted by molar-refractivity contribution is 0.0948. The lowest BCUT2D eigenvalue weighted by Gasteiger charge is -2.26. The highest BCUT2D eigenvalue weighted by atomic mass is 35.5. The monoisotopic (exact) mass is 521 g/mol. The highest BCUT2D eigenvalue weighted by Gasteiger charge is 2.36. The molecule has 1 fully saturated rings. The Morgan fingerprint density at radius 1 is 1.09 bits per heavy atom. The minimum Gasteiger partial charge on any atom is -0.494 e. The molecule has 1 aliphatic rings. The van der Waals surface area contributed by atoms with Gasteiger partial charge < -0.3 is 14.2 Å². The van der Waals surface area contributed by atoms with Crippen molar-refractivity contribution < 1.29 is 22.6 Å². The molecule has 0 amide bonds. The highest BCUT2D eigenvalue weighted by Crippen LogP contribution is 2.41. The molecular weight excluding hydrogens is 494 g/mol. The first-order chi connectivity index (χ1) is 16.8. The van der Waals surface area contributed by atoms with Crippen LogP contribution in [-0.2, 0) is 20.3 Å². The molecule has 1 aliphatic carbocycles. The number of halogens is 1. The molecule has 0 N–H and O–H groups in total. The maximum atomic E-state index is 13.6. The van der Waals surface area contributed by atoms with Crippen molar-refractivity contribution in [1.29, 1.82) is 0 Å². The Hall–Kier alpha value is -2.76. The Kier molecular flexibility index (Phi) is 7.58. The van der Waals surface area contributed by atoms with Gasteiger partial charge in [0.1, 0.15) is 34.9 Å². The van der Waals surface area contributed by atoms with Crippen molar-refractivity contribution in [3.63, 3.8) is 0 Å². The number of methoxy groups -OCH3 is 3. The van der Waals surface area contributed by atoms with Crippen molar-refractivity contribution >= 4 is 21.4 Å². The summed E-state index contributed by atoms with van der Waals surface area (Å²) in [6.45, 7) is 1.57. The number of hydrogen-bond donors (Lipinski definition) is 0. The van der Waals surface area contributed by atoms with Crippen LogP contribution in [0.4, 0.5) is 0 Å². The van der Waals surface area contributed by atoms with Gasteiger partial charge in [0.05, 0.1) is 24.5 Å². The molecule has 2 aromatic heterocycles. The van der Waals surface area contributed by atoms with Crippen molar-refractivity contribution in [2.75, 3.05) is 21.3 Å². The van der Waals surface area contributed by atoms with Crippen LogP contribution >= 0.6 is 11.6 Å². The summed E-state index contributed by atoms with van der Waals surface area (Å²) in [6.07, 6.45) is 4.93. The van der Waals surface area contributed by atoms with Crippen LogP contribution < -0.4 is 9.47 Å². The molecule has 1 saturated carbocycles. The Labute approximate surface area is 209 Å². The van der Waals surface area contributed by atoms with E-state index in [0.717, 1.165) is 19.3 Å². The fourth-order valence-electron chi connectivity index (χ4n) is 4.13. The average Bonchev–Trinajstić information content (AvgIpc) is 3.20. The summed E-state index contributed by atoms with van der Waals surface area (Å²) in [5.74, 6) is 2.06. The predicted octanol–water partition coefficient (Wildman–Crippen LogP) is 3.69. The minimum atomic E-state index is -3.80. The second-order valence-electron chi connectivity index (χ2n) is 8.38. The summed E-state index contributed by atoms with van der Waals surface area (Å²) in [5, 5.41) is 8.11. The van der Waals surface area contributed by atoms with E-state index in [1.165, 1.54) is 19.5 Å². The van der Waals surface area contributed by atoms with Crippen molar-refractivity contribution in [3.05, 3.63) is 53.1 Å². The molecule has 0 saturated heterocycles. The fourth-order valence-corrected chi connectivity index (χ4v) is 5.64. The zero-order valence-electron chi connectivity index (χ0n) is 20.0. The molecule has 35 heavy (non-hydrogen) atoms. The Balaban J connectivity index is 1.76. The molecule has 0 radical (unpaired) electrons. The quantitative estimate of drug-likeness (QED) is 0.393. The number of para-hydroxylation sites is 1. The Bertz CT molecular complexity index is 1260. The van der Waals surface area contributed by atoms with E-state index in [0.29, 0.717) is 28.0 Å². The van der Waals surface area contributed by atoms with Crippen LogP contribution in [0.1, 0.15) is 55.7 Å². The normalized spacial score (nSPS) is 15.9. The van der Waals surface area contributed by atoms with Crippen molar-refractivity contribution in [2.24, 2.45) is 0 Å². The van der Waals surface area contributed by atoms with E-state index >= 15 is 0 Å². The molecule has 0 unspecified atom stereocenters. The number of nitrogens with zero attached hydrogens (tertiary/aromatic N) is 5. The van der Waals surface area contributed by atoms with E-state index in [2.05, 4.69) is 20.2 Å². The largest absolute Gasteiger partial charge is 0.494 e. The van der Waals surface area contributed by atoms with Gasteiger partial charge in [0.15, 0.2) is 21.5 Å². The van der Waals surface area contributed by atoms with Gasteiger partial charge in [-0.2, -0.15) is 0 Å². The van der Waals surface area contributed by atoms with E-state index in [4.69, 9.17) is 25.8 Å². The van der Waals surface area contributed by atoms with Crippen LogP contribution in [0.25, 0.3) is 5.69 Å². The van der Waals surface area contributed by atoms with E-state index in [1.807, 2.05) is 6.07 Å². The Morgan fingerprint density at radius 3 is 2.23 bits per heavy atom. The van der Waals surface area contributed by atoms with Gasteiger partial charge in [0.2, 0.25) is 0 Å². The molecule has 1 aromatic carbocycles. The first kappa shape index (κ1) is 25.3. The fraction of sp³-hybridized carbons (Fsp3) is 0.478. The zero-order chi connectivity index (χ0) is 25.2. The SMILES string of the molecule is COc1cccc(OC)c1-n1c(CS(=O)(=O)[C@@H](C)[C@H](OC)c2ncc(Cl)cn2)nnc1C1CCC1. The molecule has 0 spiro atoms. The number of aromatic nitrogens is 5. The van der Waals surface area contributed by atoms with E-state index in [9.17, 15) is 8.42 Å². The zero-order valence-corrected chi connectivity index (χ0v) is 21.6. The smallest absolute Gasteiger partial charge is 0.163 e. The third kappa shape index (κ3) is 4.98. The molecule has 12 heteroatoms. The number of sulfone groups is 1. The third-order valence-corrected chi connectivity index (χ3v) is 8.56. The molecule has 10 nitrogen and oxygen atoms in total. The van der Waals surface area contributed by atoms with Gasteiger partial charge in [-0.05, 0) is 31.9 Å². The molecule has 2 heterocycles. The van der Waals surface area contributed by atoms with Gasteiger partial charge in [-0.3, -0.25) is 4.57 Å². The van der Waals surface area contributed by atoms with Crippen LogP contribution in [0.3, 0.4) is 0 Å². The molecule has 3 aromatic rings. The Morgan fingerprint density at radius 2 is 1.71 bits per heavy atom. The number of ether oxygens (including phenoxy) is 3. The van der Waals surface area contributed by atoms with Crippen LogP contribution in [-0.4, -0.2) is 59.7 Å². The molecular formula is C23H28ClN5O5S. The average molecular weight is 522 g/mol. The predicted molar refractivity (Wildman–Crippen MR) is 130 cm³/mol. The van der Waals surface area contributed by atoms with Crippen LogP contribution in [0.15, 0.2) is 30.6 Å². The van der Waals surface area contributed by atoms with Crippen molar-refractivity contribution in [1.82, 2.24) is 24.7 Å². The summed E-state index contributed by atoms with van der Waals surface area (Å²) >= 11 is 5.88. The van der Waals surface area contributed by atoms with Gasteiger partial charge in [-0.1, -0.05) is 24.1 Å². The van der Waals surface area contributed by atoms with Gasteiger partial charge in [-0.15, -0.1) is 10.2 Å². The molecule has 2 atom stereocenters. The summed E-state index contributed by atoms with van der Waals surface area (Å²) < 4.78 is 45.6. The van der Waals surface area contributed by atoms with Crippen molar-refractivity contribution in [3.8, 4) is 17.2 Å². The van der Waals surface area contributed by atoms with Gasteiger partial charge >= 0.3 is 0 Å². The second kappa shape index (κ2) is 10.5. The van der Waals surface area contributed by atoms with Gasteiger partial charge in [-0.25, -0.2) is 18.4 Å². The summed E-state index contributed by atoms with van der Waals surface area (Å²) in [5.41, 5.74) is 0.576. The van der Waals surface area contributed by atoms with Crippen LogP contribution in [0, 0.1) is 0 Å². The molecule has 4 rings (SSSR count).